The van der Waals surface area contributed by atoms with Crippen LogP contribution in [0.1, 0.15) is 42.6 Å². The Balaban J connectivity index is 3.45. The standard InChI is InChI=1S/C14H20BrNO4S/c1-4-6-16(7-5-2)21(19,20)12-9-11(14(17)18)8-10(3)13(12)15/h8-9H,4-7H2,1-3H3,(H,17,18). The number of hydrogen-bond acceptors (Lipinski definition) is 3. The molecule has 118 valence electrons. The lowest BCUT2D eigenvalue weighted by Gasteiger charge is -2.22. The highest BCUT2D eigenvalue weighted by molar-refractivity contribution is 9.10. The Labute approximate surface area is 134 Å². The molecule has 0 amide bonds. The lowest BCUT2D eigenvalue weighted by atomic mass is 10.1. The van der Waals surface area contributed by atoms with Crippen LogP contribution in [0.3, 0.4) is 0 Å². The van der Waals surface area contributed by atoms with E-state index in [1.165, 1.54) is 16.4 Å². The predicted octanol–water partition coefficient (Wildman–Crippen LogP) is 3.27. The molecule has 0 heterocycles. The molecule has 0 aliphatic rings. The van der Waals surface area contributed by atoms with E-state index >= 15 is 0 Å². The van der Waals surface area contributed by atoms with Gasteiger partial charge in [-0.3, -0.25) is 0 Å². The fourth-order valence-corrected chi connectivity index (χ4v) is 4.67. The molecule has 1 aromatic carbocycles. The van der Waals surface area contributed by atoms with Gasteiger partial charge >= 0.3 is 5.97 Å². The number of rotatable bonds is 7. The smallest absolute Gasteiger partial charge is 0.335 e. The lowest BCUT2D eigenvalue weighted by Crippen LogP contribution is -2.33. The molecular weight excluding hydrogens is 358 g/mol. The molecule has 7 heteroatoms. The van der Waals surface area contributed by atoms with Crippen LogP contribution in [0.5, 0.6) is 0 Å². The van der Waals surface area contributed by atoms with Crippen LogP contribution < -0.4 is 0 Å². The number of halogens is 1. The number of sulfonamides is 1. The maximum Gasteiger partial charge on any atom is 0.335 e. The summed E-state index contributed by atoms with van der Waals surface area (Å²) in [6.45, 7) is 6.33. The van der Waals surface area contributed by atoms with E-state index in [0.717, 1.165) is 0 Å². The second-order valence-corrected chi connectivity index (χ2v) is 7.51. The molecule has 1 aromatic rings. The van der Waals surface area contributed by atoms with Gasteiger partial charge in [-0.1, -0.05) is 13.8 Å². The SMILES string of the molecule is CCCN(CCC)S(=O)(=O)c1cc(C(=O)O)cc(C)c1Br. The molecule has 0 atom stereocenters. The summed E-state index contributed by atoms with van der Waals surface area (Å²) in [4.78, 5) is 11.2. The van der Waals surface area contributed by atoms with Gasteiger partial charge in [-0.15, -0.1) is 0 Å². The second kappa shape index (κ2) is 7.38. The van der Waals surface area contributed by atoms with E-state index in [9.17, 15) is 13.2 Å². The van der Waals surface area contributed by atoms with Gasteiger partial charge in [0.15, 0.2) is 0 Å². The third kappa shape index (κ3) is 4.05. The fraction of sp³-hybridized carbons (Fsp3) is 0.500. The van der Waals surface area contributed by atoms with Gasteiger partial charge < -0.3 is 5.11 Å². The minimum Gasteiger partial charge on any atom is -0.478 e. The molecule has 0 aliphatic heterocycles. The van der Waals surface area contributed by atoms with Crippen LogP contribution in [0, 0.1) is 6.92 Å². The molecule has 1 N–H and O–H groups in total. The highest BCUT2D eigenvalue weighted by atomic mass is 79.9. The summed E-state index contributed by atoms with van der Waals surface area (Å²) in [6.07, 6.45) is 1.41. The topological polar surface area (TPSA) is 74.7 Å². The van der Waals surface area contributed by atoms with Gasteiger partial charge in [-0.05, 0) is 53.4 Å². The fourth-order valence-electron chi connectivity index (χ4n) is 2.04. The van der Waals surface area contributed by atoms with E-state index in [4.69, 9.17) is 5.11 Å². The van der Waals surface area contributed by atoms with Crippen molar-refractivity contribution < 1.29 is 18.3 Å². The summed E-state index contributed by atoms with van der Waals surface area (Å²) in [7, 11) is -3.71. The number of aromatic carboxylic acids is 1. The third-order valence-corrected chi connectivity index (χ3v) is 6.27. The maximum absolute atomic E-state index is 12.8. The quantitative estimate of drug-likeness (QED) is 0.790. The summed E-state index contributed by atoms with van der Waals surface area (Å²) in [5.41, 5.74) is 0.559. The molecule has 1 rings (SSSR count). The summed E-state index contributed by atoms with van der Waals surface area (Å²) < 4.78 is 27.3. The van der Waals surface area contributed by atoms with Crippen LogP contribution >= 0.6 is 15.9 Å². The summed E-state index contributed by atoms with van der Waals surface area (Å²) in [5, 5.41) is 9.11. The van der Waals surface area contributed by atoms with Gasteiger partial charge in [0.05, 0.1) is 10.5 Å². The largest absolute Gasteiger partial charge is 0.478 e. The van der Waals surface area contributed by atoms with Crippen LogP contribution in [0.25, 0.3) is 0 Å². The van der Waals surface area contributed by atoms with Crippen LogP contribution in [0.2, 0.25) is 0 Å². The maximum atomic E-state index is 12.8. The van der Waals surface area contributed by atoms with Gasteiger partial charge in [0.1, 0.15) is 0 Å². The predicted molar refractivity (Wildman–Crippen MR) is 85.2 cm³/mol. The zero-order valence-corrected chi connectivity index (χ0v) is 14.8. The Kier molecular flexibility index (Phi) is 6.37. The van der Waals surface area contributed by atoms with Gasteiger partial charge in [-0.2, -0.15) is 4.31 Å². The average Bonchev–Trinajstić information content (AvgIpc) is 2.40. The normalized spacial score (nSPS) is 11.9. The van der Waals surface area contributed by atoms with Gasteiger partial charge in [-0.25, -0.2) is 13.2 Å². The molecule has 5 nitrogen and oxygen atoms in total. The molecule has 0 saturated carbocycles. The summed E-state index contributed by atoms with van der Waals surface area (Å²) in [5.74, 6) is -1.14. The zero-order chi connectivity index (χ0) is 16.2. The molecule has 0 spiro atoms. The molecule has 0 fully saturated rings. The van der Waals surface area contributed by atoms with E-state index in [2.05, 4.69) is 15.9 Å². The first kappa shape index (κ1) is 18.1. The lowest BCUT2D eigenvalue weighted by molar-refractivity contribution is 0.0696. The first-order valence-electron chi connectivity index (χ1n) is 6.79. The van der Waals surface area contributed by atoms with Crippen molar-refractivity contribution in [3.05, 3.63) is 27.7 Å². The summed E-state index contributed by atoms with van der Waals surface area (Å²) >= 11 is 3.27. The number of carboxylic acids is 1. The first-order valence-corrected chi connectivity index (χ1v) is 9.02. The number of carboxylic acid groups (broad SMARTS) is 1. The molecule has 0 bridgehead atoms. The molecular formula is C14H20BrNO4S. The molecule has 0 aliphatic carbocycles. The molecule has 21 heavy (non-hydrogen) atoms. The van der Waals surface area contributed by atoms with Crippen molar-refractivity contribution in [3.8, 4) is 0 Å². The second-order valence-electron chi connectivity index (χ2n) is 4.81. The van der Waals surface area contributed by atoms with Crippen LogP contribution in [-0.4, -0.2) is 36.9 Å². The van der Waals surface area contributed by atoms with Gasteiger partial charge in [0, 0.05) is 17.6 Å². The van der Waals surface area contributed by atoms with Crippen molar-refractivity contribution in [2.45, 2.75) is 38.5 Å². The number of carbonyl (C=O) groups is 1. The van der Waals surface area contributed by atoms with Crippen LogP contribution in [0.4, 0.5) is 0 Å². The molecule has 0 saturated heterocycles. The number of nitrogens with zero attached hydrogens (tertiary/aromatic N) is 1. The Morgan fingerprint density at radius 3 is 2.19 bits per heavy atom. The Morgan fingerprint density at radius 1 is 1.24 bits per heavy atom. The average molecular weight is 378 g/mol. The van der Waals surface area contributed by atoms with E-state index in [0.29, 0.717) is 36.0 Å². The van der Waals surface area contributed by atoms with E-state index < -0.39 is 16.0 Å². The minimum absolute atomic E-state index is 0.0156. The highest BCUT2D eigenvalue weighted by Crippen LogP contribution is 2.30. The van der Waals surface area contributed by atoms with Crippen molar-refractivity contribution in [1.29, 1.82) is 0 Å². The number of benzene rings is 1. The monoisotopic (exact) mass is 377 g/mol. The van der Waals surface area contributed by atoms with Crippen LogP contribution in [-0.2, 0) is 10.0 Å². The van der Waals surface area contributed by atoms with Crippen molar-refractivity contribution in [3.63, 3.8) is 0 Å². The van der Waals surface area contributed by atoms with E-state index in [-0.39, 0.29) is 10.5 Å². The Bertz CT molecular complexity index is 622. The molecule has 0 unspecified atom stereocenters. The Hall–Kier alpha value is -0.920. The van der Waals surface area contributed by atoms with Crippen molar-refractivity contribution in [2.24, 2.45) is 0 Å². The number of hydrogen-bond donors (Lipinski definition) is 1. The Morgan fingerprint density at radius 2 is 1.76 bits per heavy atom. The van der Waals surface area contributed by atoms with E-state index in [1.54, 1.807) is 6.92 Å². The summed E-state index contributed by atoms with van der Waals surface area (Å²) in [6, 6.07) is 2.67. The van der Waals surface area contributed by atoms with Crippen molar-refractivity contribution >= 4 is 31.9 Å². The molecule has 0 aromatic heterocycles. The van der Waals surface area contributed by atoms with Crippen LogP contribution in [0.15, 0.2) is 21.5 Å². The van der Waals surface area contributed by atoms with Crippen molar-refractivity contribution in [2.75, 3.05) is 13.1 Å². The third-order valence-electron chi connectivity index (χ3n) is 3.03. The zero-order valence-electron chi connectivity index (χ0n) is 12.4. The highest BCUT2D eigenvalue weighted by Gasteiger charge is 2.27. The van der Waals surface area contributed by atoms with E-state index in [1.807, 2.05) is 13.8 Å². The number of aryl methyl sites for hydroxylation is 1. The van der Waals surface area contributed by atoms with Gasteiger partial charge in [0.25, 0.3) is 0 Å². The van der Waals surface area contributed by atoms with Gasteiger partial charge in [0.2, 0.25) is 10.0 Å². The van der Waals surface area contributed by atoms with Crippen molar-refractivity contribution in [1.82, 2.24) is 4.31 Å². The molecule has 0 radical (unpaired) electrons. The minimum atomic E-state index is -3.71. The first-order chi connectivity index (χ1) is 9.75.